The highest BCUT2D eigenvalue weighted by atomic mass is 32.2. The minimum absolute atomic E-state index is 0.0142. The Morgan fingerprint density at radius 2 is 1.88 bits per heavy atom. The number of nitrogen functional groups attached to an aromatic ring is 1. The third kappa shape index (κ3) is 5.40. The highest BCUT2D eigenvalue weighted by molar-refractivity contribution is 7.92. The van der Waals surface area contributed by atoms with Gasteiger partial charge in [-0.2, -0.15) is 0 Å². The molecule has 0 spiro atoms. The third-order valence-corrected chi connectivity index (χ3v) is 9.73. The molecule has 0 radical (unpaired) electrons. The molecule has 41 heavy (non-hydrogen) atoms. The molecule has 1 saturated carbocycles. The maximum Gasteiger partial charge on any atom is 0.411 e. The maximum absolute atomic E-state index is 14.1. The van der Waals surface area contributed by atoms with Crippen LogP contribution in [0.25, 0.3) is 10.8 Å². The first kappa shape index (κ1) is 26.6. The summed E-state index contributed by atoms with van der Waals surface area (Å²) in [6, 6.07) is 18.5. The Labute approximate surface area is 237 Å². The molecule has 1 fully saturated rings. The minimum Gasteiger partial charge on any atom is -0.444 e. The fourth-order valence-electron chi connectivity index (χ4n) is 5.08. The van der Waals surface area contributed by atoms with Gasteiger partial charge in [0.25, 0.3) is 0 Å². The molecule has 4 aromatic rings. The Kier molecular flexibility index (Phi) is 6.74. The van der Waals surface area contributed by atoms with Gasteiger partial charge in [-0.15, -0.1) is 0 Å². The van der Waals surface area contributed by atoms with Crippen LogP contribution in [0.2, 0.25) is 0 Å². The summed E-state index contributed by atoms with van der Waals surface area (Å²) >= 11 is 0. The number of ether oxygens (including phenoxy) is 1. The average Bonchev–Trinajstić information content (AvgIpc) is 3.81. The van der Waals surface area contributed by atoms with Crippen LogP contribution in [-0.2, 0) is 32.5 Å². The number of cyclic esters (lactones) is 1. The topological polar surface area (TPSA) is 144 Å². The van der Waals surface area contributed by atoms with Crippen molar-refractivity contribution in [2.24, 2.45) is 0 Å². The van der Waals surface area contributed by atoms with Crippen molar-refractivity contribution in [1.29, 1.82) is 0 Å². The van der Waals surface area contributed by atoms with E-state index in [1.54, 1.807) is 31.4 Å². The van der Waals surface area contributed by atoms with E-state index in [2.05, 4.69) is 15.6 Å². The molecule has 2 amide bonds. The van der Waals surface area contributed by atoms with Gasteiger partial charge in [-0.05, 0) is 83.4 Å². The van der Waals surface area contributed by atoms with E-state index in [4.69, 9.17) is 10.5 Å². The first-order valence-corrected chi connectivity index (χ1v) is 14.8. The number of fused-ring (bicyclic) bond motifs is 5. The van der Waals surface area contributed by atoms with E-state index in [-0.39, 0.29) is 24.0 Å². The lowest BCUT2D eigenvalue weighted by Gasteiger charge is -2.27. The summed E-state index contributed by atoms with van der Waals surface area (Å²) in [5, 5.41) is 7.27. The molecule has 1 aromatic heterocycles. The van der Waals surface area contributed by atoms with E-state index >= 15 is 0 Å². The molecule has 2 heterocycles. The first-order valence-electron chi connectivity index (χ1n) is 13.2. The Hall–Kier alpha value is -4.64. The summed E-state index contributed by atoms with van der Waals surface area (Å²) < 4.78 is 31.9. The summed E-state index contributed by atoms with van der Waals surface area (Å²) in [4.78, 5) is 32.4. The second-order valence-electron chi connectivity index (χ2n) is 10.4. The Morgan fingerprint density at radius 1 is 1.05 bits per heavy atom. The molecule has 10 nitrogen and oxygen atoms in total. The first-order chi connectivity index (χ1) is 19.7. The van der Waals surface area contributed by atoms with Gasteiger partial charge in [-0.25, -0.2) is 18.2 Å². The zero-order valence-electron chi connectivity index (χ0n) is 22.3. The number of nitrogens with one attached hydrogen (secondary N) is 2. The number of carbonyl (C=O) groups is 2. The maximum atomic E-state index is 14.1. The lowest BCUT2D eigenvalue weighted by molar-refractivity contribution is -0.131. The van der Waals surface area contributed by atoms with Crippen molar-refractivity contribution in [2.75, 3.05) is 23.4 Å². The van der Waals surface area contributed by atoms with Crippen molar-refractivity contribution < 1.29 is 22.7 Å². The van der Waals surface area contributed by atoms with Gasteiger partial charge in [-0.1, -0.05) is 18.2 Å². The molecule has 2 aliphatic rings. The number of anilines is 3. The number of sulfone groups is 1. The average molecular weight is 572 g/mol. The van der Waals surface area contributed by atoms with Crippen LogP contribution in [0.3, 0.4) is 0 Å². The summed E-state index contributed by atoms with van der Waals surface area (Å²) in [5.41, 5.74) is 8.88. The van der Waals surface area contributed by atoms with Crippen LogP contribution in [0.15, 0.2) is 77.8 Å². The van der Waals surface area contributed by atoms with Crippen LogP contribution in [0.4, 0.5) is 22.0 Å². The standard InChI is InChI=1S/C30H29N5O5S/c1-35-16-21-15-23(6-10-26(21)41(38,39)24-7-8-24)34-30(37)40-17-18-3-2-4-20(13-18)27(29(35)36)33-22-5-9-25-19(14-22)11-12-32-28(25)31/h2-6,9-15,24,27,33H,7-8,16-17H2,1H3,(H2,31,32)(H,34,37)/t27-/m1/s1. The van der Waals surface area contributed by atoms with Gasteiger partial charge in [0.05, 0.1) is 10.1 Å². The van der Waals surface area contributed by atoms with E-state index in [1.807, 2.05) is 42.5 Å². The van der Waals surface area contributed by atoms with E-state index < -0.39 is 27.2 Å². The van der Waals surface area contributed by atoms with Crippen molar-refractivity contribution in [1.82, 2.24) is 9.88 Å². The van der Waals surface area contributed by atoms with Gasteiger partial charge in [0.2, 0.25) is 5.91 Å². The largest absolute Gasteiger partial charge is 0.444 e. The number of rotatable bonds is 4. The predicted octanol–water partition coefficient (Wildman–Crippen LogP) is 4.63. The molecule has 4 N–H and O–H groups in total. The second-order valence-corrected chi connectivity index (χ2v) is 12.6. The number of aromatic nitrogens is 1. The quantitative estimate of drug-likeness (QED) is 0.322. The van der Waals surface area contributed by atoms with Gasteiger partial charge in [0, 0.05) is 36.6 Å². The van der Waals surface area contributed by atoms with Gasteiger partial charge in [-0.3, -0.25) is 10.1 Å². The molecule has 1 aliphatic heterocycles. The molecule has 210 valence electrons. The van der Waals surface area contributed by atoms with E-state index in [0.29, 0.717) is 46.7 Å². The van der Waals surface area contributed by atoms with Crippen LogP contribution >= 0.6 is 0 Å². The Balaban J connectivity index is 1.41. The smallest absolute Gasteiger partial charge is 0.411 e. The van der Waals surface area contributed by atoms with Crippen molar-refractivity contribution >= 4 is 49.8 Å². The highest BCUT2D eigenvalue weighted by Gasteiger charge is 2.38. The zero-order valence-corrected chi connectivity index (χ0v) is 23.1. The van der Waals surface area contributed by atoms with Gasteiger partial charge >= 0.3 is 6.09 Å². The molecule has 6 rings (SSSR count). The van der Waals surface area contributed by atoms with Gasteiger partial charge in [0.1, 0.15) is 18.5 Å². The van der Waals surface area contributed by atoms with Gasteiger partial charge < -0.3 is 20.7 Å². The van der Waals surface area contributed by atoms with Crippen LogP contribution in [0.5, 0.6) is 0 Å². The summed E-state index contributed by atoms with van der Waals surface area (Å²) in [5.74, 6) is 0.150. The number of hydrogen-bond acceptors (Lipinski definition) is 8. The molecule has 1 aliphatic carbocycles. The fraction of sp³-hybridized carbons (Fsp3) is 0.233. The molecule has 11 heteroatoms. The molecular formula is C30H29N5O5S. The molecule has 0 saturated heterocycles. The van der Waals surface area contributed by atoms with Crippen LogP contribution < -0.4 is 16.4 Å². The van der Waals surface area contributed by atoms with E-state index in [1.165, 1.54) is 11.0 Å². The predicted molar refractivity (Wildman–Crippen MR) is 156 cm³/mol. The van der Waals surface area contributed by atoms with Crippen molar-refractivity contribution in [3.63, 3.8) is 0 Å². The number of nitrogens with two attached hydrogens (primary N) is 1. The molecule has 0 unspecified atom stereocenters. The minimum atomic E-state index is -3.57. The molecule has 1 atom stereocenters. The molecule has 4 bridgehead atoms. The van der Waals surface area contributed by atoms with E-state index in [9.17, 15) is 18.0 Å². The highest BCUT2D eigenvalue weighted by Crippen LogP contribution is 2.36. The van der Waals surface area contributed by atoms with Gasteiger partial charge in [0.15, 0.2) is 9.84 Å². The van der Waals surface area contributed by atoms with Crippen molar-refractivity contribution in [3.05, 3.63) is 89.6 Å². The number of benzene rings is 3. The number of likely N-dealkylation sites (N-methyl/N-ethyl adjacent to an activating group) is 1. The second kappa shape index (κ2) is 10.4. The zero-order chi connectivity index (χ0) is 28.7. The number of nitrogens with zero attached hydrogens (tertiary/aromatic N) is 2. The summed E-state index contributed by atoms with van der Waals surface area (Å²) in [6.07, 6.45) is 2.18. The number of pyridine rings is 1. The number of amides is 2. The number of hydrogen-bond donors (Lipinski definition) is 3. The van der Waals surface area contributed by atoms with Crippen LogP contribution in [0.1, 0.15) is 35.6 Å². The SMILES string of the molecule is CN1Cc2cc(ccc2S(=O)(=O)C2CC2)NC(=O)OCc2cccc(c2)[C@@H](Nc2ccc3c(N)nccc3c2)C1=O. The molecule has 3 aromatic carbocycles. The third-order valence-electron chi connectivity index (χ3n) is 7.37. The van der Waals surface area contributed by atoms with Crippen molar-refractivity contribution in [2.45, 2.75) is 42.2 Å². The Morgan fingerprint density at radius 3 is 2.68 bits per heavy atom. The van der Waals surface area contributed by atoms with Crippen LogP contribution in [-0.4, -0.2) is 42.6 Å². The number of carbonyl (C=O) groups excluding carboxylic acids is 2. The lowest BCUT2D eigenvalue weighted by atomic mass is 10.0. The summed E-state index contributed by atoms with van der Waals surface area (Å²) in [6.45, 7) is 0.00214. The lowest BCUT2D eigenvalue weighted by Crippen LogP contribution is -2.35. The Bertz CT molecular complexity index is 1790. The van der Waals surface area contributed by atoms with E-state index in [0.717, 1.165) is 10.8 Å². The van der Waals surface area contributed by atoms with Crippen molar-refractivity contribution in [3.8, 4) is 0 Å². The normalized spacial score (nSPS) is 17.9. The summed E-state index contributed by atoms with van der Waals surface area (Å²) in [7, 11) is -1.93. The molecular weight excluding hydrogens is 542 g/mol. The van der Waals surface area contributed by atoms with Crippen LogP contribution in [0, 0.1) is 0 Å². The fourth-order valence-corrected chi connectivity index (χ4v) is 6.94. The monoisotopic (exact) mass is 571 g/mol.